The average molecular weight is 283 g/mol. The van der Waals surface area contributed by atoms with Crippen LogP contribution in [0.15, 0.2) is 35.0 Å². The summed E-state index contributed by atoms with van der Waals surface area (Å²) in [7, 11) is 0. The van der Waals surface area contributed by atoms with Crippen LogP contribution in [0.1, 0.15) is 0 Å². The normalized spacial score (nSPS) is 11.4. The van der Waals surface area contributed by atoms with E-state index in [1.54, 1.807) is 10.8 Å². The molecule has 20 heavy (non-hydrogen) atoms. The van der Waals surface area contributed by atoms with Crippen molar-refractivity contribution in [1.82, 2.24) is 19.6 Å². The molecule has 4 rings (SSSR count). The fraction of sp³-hybridized carbons (Fsp3) is 0. The molecule has 0 aliphatic carbocycles. The Morgan fingerprint density at radius 3 is 2.80 bits per heavy atom. The molecule has 0 saturated heterocycles. The monoisotopic (exact) mass is 283 g/mol. The molecule has 0 spiro atoms. The smallest absolute Gasteiger partial charge is 0.223 e. The number of benzene rings is 1. The largest absolute Gasteiger partial charge is 0.506 e. The van der Waals surface area contributed by atoms with Gasteiger partial charge in [0.15, 0.2) is 11.5 Å². The third-order valence-electron chi connectivity index (χ3n) is 3.09. The predicted molar refractivity (Wildman–Crippen MR) is 77.7 cm³/mol. The van der Waals surface area contributed by atoms with Gasteiger partial charge in [0.1, 0.15) is 5.75 Å². The molecule has 0 aliphatic heterocycles. The molecule has 0 bridgehead atoms. The maximum Gasteiger partial charge on any atom is 0.223 e. The van der Waals surface area contributed by atoms with Crippen molar-refractivity contribution in [2.75, 3.05) is 5.73 Å². The highest BCUT2D eigenvalue weighted by atomic mass is 32.1. The van der Waals surface area contributed by atoms with Crippen LogP contribution >= 0.6 is 11.3 Å². The molecule has 0 amide bonds. The van der Waals surface area contributed by atoms with Crippen molar-refractivity contribution in [1.29, 1.82) is 0 Å². The van der Waals surface area contributed by atoms with E-state index >= 15 is 0 Å². The van der Waals surface area contributed by atoms with E-state index in [2.05, 4.69) is 15.1 Å². The molecule has 0 saturated carbocycles. The summed E-state index contributed by atoms with van der Waals surface area (Å²) in [5.41, 5.74) is 7.92. The van der Waals surface area contributed by atoms with Gasteiger partial charge in [-0.25, -0.2) is 9.97 Å². The van der Waals surface area contributed by atoms with Gasteiger partial charge < -0.3 is 10.8 Å². The molecule has 3 N–H and O–H groups in total. The van der Waals surface area contributed by atoms with E-state index in [9.17, 15) is 5.11 Å². The van der Waals surface area contributed by atoms with Crippen molar-refractivity contribution in [2.24, 2.45) is 0 Å². The predicted octanol–water partition coefficient (Wildman–Crippen LogP) is 2.29. The Hall–Kier alpha value is -2.67. The van der Waals surface area contributed by atoms with Crippen molar-refractivity contribution in [3.8, 4) is 17.1 Å². The first-order valence-corrected chi connectivity index (χ1v) is 6.85. The third kappa shape index (κ3) is 1.47. The van der Waals surface area contributed by atoms with E-state index in [0.29, 0.717) is 17.0 Å². The number of aromatic nitrogens is 4. The van der Waals surface area contributed by atoms with Crippen LogP contribution in [0.2, 0.25) is 0 Å². The van der Waals surface area contributed by atoms with Gasteiger partial charge in [-0.3, -0.25) is 0 Å². The van der Waals surface area contributed by atoms with E-state index in [1.807, 2.05) is 24.3 Å². The topological polar surface area (TPSA) is 89.3 Å². The maximum atomic E-state index is 9.79. The Kier molecular flexibility index (Phi) is 2.19. The summed E-state index contributed by atoms with van der Waals surface area (Å²) < 4.78 is 1.49. The van der Waals surface area contributed by atoms with Crippen LogP contribution in [-0.4, -0.2) is 24.7 Å². The summed E-state index contributed by atoms with van der Waals surface area (Å²) >= 11 is 1.39. The van der Waals surface area contributed by atoms with Crippen molar-refractivity contribution in [3.63, 3.8) is 0 Å². The lowest BCUT2D eigenvalue weighted by Gasteiger charge is -2.00. The van der Waals surface area contributed by atoms with Crippen molar-refractivity contribution in [3.05, 3.63) is 35.0 Å². The highest BCUT2D eigenvalue weighted by molar-refractivity contribution is 7.08. The molecule has 0 radical (unpaired) electrons. The van der Waals surface area contributed by atoms with Gasteiger partial charge in [0.05, 0.1) is 11.1 Å². The first kappa shape index (κ1) is 11.2. The van der Waals surface area contributed by atoms with E-state index in [0.717, 1.165) is 10.9 Å². The molecule has 7 heteroatoms. The summed E-state index contributed by atoms with van der Waals surface area (Å²) in [5.74, 6) is 0.877. The number of para-hydroxylation sites is 1. The Balaban J connectivity index is 2.11. The van der Waals surface area contributed by atoms with Gasteiger partial charge in [0.25, 0.3) is 0 Å². The molecular weight excluding hydrogens is 274 g/mol. The molecule has 0 fully saturated rings. The highest BCUT2D eigenvalue weighted by Crippen LogP contribution is 2.31. The number of nitrogens with zero attached hydrogens (tertiary/aromatic N) is 4. The van der Waals surface area contributed by atoms with Crippen LogP contribution in [-0.2, 0) is 0 Å². The lowest BCUT2D eigenvalue weighted by molar-refractivity contribution is 0.479. The van der Waals surface area contributed by atoms with Crippen molar-refractivity contribution in [2.45, 2.75) is 0 Å². The van der Waals surface area contributed by atoms with E-state index < -0.39 is 0 Å². The summed E-state index contributed by atoms with van der Waals surface area (Å²) in [4.78, 5) is 8.78. The minimum absolute atomic E-state index is 0.168. The molecule has 0 unspecified atom stereocenters. The number of thiophene rings is 1. The SMILES string of the molecule is Nc1nc2ccccc2c2nc(-c3cscc3O)nn12. The van der Waals surface area contributed by atoms with Crippen LogP contribution in [0.5, 0.6) is 5.75 Å². The van der Waals surface area contributed by atoms with Crippen molar-refractivity contribution >= 4 is 33.8 Å². The second-order valence-corrected chi connectivity index (χ2v) is 5.07. The van der Waals surface area contributed by atoms with Crippen LogP contribution in [0.4, 0.5) is 5.95 Å². The van der Waals surface area contributed by atoms with E-state index in [4.69, 9.17) is 5.73 Å². The van der Waals surface area contributed by atoms with E-state index in [-0.39, 0.29) is 11.7 Å². The molecule has 6 nitrogen and oxygen atoms in total. The third-order valence-corrected chi connectivity index (χ3v) is 3.82. The number of hydrogen-bond acceptors (Lipinski definition) is 6. The highest BCUT2D eigenvalue weighted by Gasteiger charge is 2.15. The van der Waals surface area contributed by atoms with Gasteiger partial charge in [0, 0.05) is 16.1 Å². The molecule has 4 aromatic rings. The summed E-state index contributed by atoms with van der Waals surface area (Å²) in [6.45, 7) is 0. The first-order chi connectivity index (χ1) is 9.74. The maximum absolute atomic E-state index is 9.79. The molecule has 98 valence electrons. The van der Waals surface area contributed by atoms with Crippen LogP contribution < -0.4 is 5.73 Å². The van der Waals surface area contributed by atoms with Crippen molar-refractivity contribution < 1.29 is 5.11 Å². The number of nitrogens with two attached hydrogens (primary N) is 1. The Morgan fingerprint density at radius 2 is 2.00 bits per heavy atom. The summed E-state index contributed by atoms with van der Waals surface area (Å²) in [6, 6.07) is 7.61. The second kappa shape index (κ2) is 3.91. The summed E-state index contributed by atoms with van der Waals surface area (Å²) in [6.07, 6.45) is 0. The Labute approximate surface area is 117 Å². The zero-order valence-electron chi connectivity index (χ0n) is 10.2. The minimum atomic E-state index is 0.168. The molecule has 0 aliphatic rings. The standard InChI is InChI=1S/C13H9N5OS/c14-13-15-9-4-2-1-3-7(9)12-16-11(17-18(12)13)8-5-20-6-10(8)19/h1-6,19H,(H2,14,15). The molecule has 3 heterocycles. The number of rotatable bonds is 1. The number of nitrogen functional groups attached to an aromatic ring is 1. The molecule has 3 aromatic heterocycles. The quantitative estimate of drug-likeness (QED) is 0.559. The number of aromatic hydroxyl groups is 1. The number of hydrogen-bond donors (Lipinski definition) is 2. The van der Waals surface area contributed by atoms with Gasteiger partial charge in [-0.1, -0.05) is 12.1 Å². The zero-order chi connectivity index (χ0) is 13.7. The number of anilines is 1. The molecule has 1 aromatic carbocycles. The first-order valence-electron chi connectivity index (χ1n) is 5.90. The van der Waals surface area contributed by atoms with Gasteiger partial charge in [-0.15, -0.1) is 16.4 Å². The molecule has 0 atom stereocenters. The fourth-order valence-corrected chi connectivity index (χ4v) is 2.84. The Bertz CT molecular complexity index is 942. The van der Waals surface area contributed by atoms with E-state index in [1.165, 1.54) is 15.9 Å². The average Bonchev–Trinajstić information content (AvgIpc) is 3.05. The summed E-state index contributed by atoms with van der Waals surface area (Å²) in [5, 5.41) is 18.4. The Morgan fingerprint density at radius 1 is 1.15 bits per heavy atom. The van der Waals surface area contributed by atoms with Crippen LogP contribution in [0, 0.1) is 0 Å². The molecular formula is C13H9N5OS. The number of fused-ring (bicyclic) bond motifs is 3. The lowest BCUT2D eigenvalue weighted by atomic mass is 10.2. The fourth-order valence-electron chi connectivity index (χ4n) is 2.15. The minimum Gasteiger partial charge on any atom is -0.506 e. The van der Waals surface area contributed by atoms with Gasteiger partial charge in [-0.05, 0) is 12.1 Å². The van der Waals surface area contributed by atoms with Gasteiger partial charge in [-0.2, -0.15) is 4.52 Å². The van der Waals surface area contributed by atoms with Gasteiger partial charge >= 0.3 is 0 Å². The van der Waals surface area contributed by atoms with Crippen LogP contribution in [0.25, 0.3) is 27.9 Å². The van der Waals surface area contributed by atoms with Gasteiger partial charge in [0.2, 0.25) is 5.95 Å². The second-order valence-electron chi connectivity index (χ2n) is 4.33. The van der Waals surface area contributed by atoms with Crippen LogP contribution in [0.3, 0.4) is 0 Å². The zero-order valence-corrected chi connectivity index (χ0v) is 11.0. The lowest BCUT2D eigenvalue weighted by Crippen LogP contribution is -2.02.